The van der Waals surface area contributed by atoms with E-state index in [1.165, 1.54) is 6.07 Å². The van der Waals surface area contributed by atoms with Crippen molar-refractivity contribution in [2.75, 3.05) is 5.32 Å². The Kier molecular flexibility index (Phi) is 5.06. The van der Waals surface area contributed by atoms with Crippen LogP contribution in [-0.4, -0.2) is 12.1 Å². The van der Waals surface area contributed by atoms with Crippen LogP contribution in [0.5, 0.6) is 0 Å². The lowest BCUT2D eigenvalue weighted by atomic mass is 9.92. The Bertz CT molecular complexity index is 778. The van der Waals surface area contributed by atoms with Gasteiger partial charge in [-0.05, 0) is 42.7 Å². The first-order chi connectivity index (χ1) is 12.3. The molecule has 2 aromatic rings. The molecule has 7 heteroatoms. The Morgan fingerprint density at radius 2 is 1.96 bits per heavy atom. The molecule has 1 amide bonds. The van der Waals surface area contributed by atoms with Crippen molar-refractivity contribution in [2.45, 2.75) is 38.2 Å². The number of carbonyl (C=O) groups is 1. The van der Waals surface area contributed by atoms with Gasteiger partial charge in [-0.2, -0.15) is 13.2 Å². The quantitative estimate of drug-likeness (QED) is 0.816. The molecule has 2 unspecified atom stereocenters. The first-order valence-electron chi connectivity index (χ1n) is 8.28. The largest absolute Gasteiger partial charge is 0.445 e. The number of hydrogen-bond acceptors (Lipinski definition) is 3. The average Bonchev–Trinajstić information content (AvgIpc) is 2.59. The highest BCUT2D eigenvalue weighted by atomic mass is 19.4. The summed E-state index contributed by atoms with van der Waals surface area (Å²) in [6, 6.07) is 12.2. The summed E-state index contributed by atoms with van der Waals surface area (Å²) >= 11 is 0. The Labute approximate surface area is 149 Å². The number of benzene rings is 2. The van der Waals surface area contributed by atoms with Crippen LogP contribution in [0.2, 0.25) is 0 Å². The molecule has 0 aromatic heterocycles. The molecule has 0 spiro atoms. The molecule has 0 saturated carbocycles. The van der Waals surface area contributed by atoms with Gasteiger partial charge >= 0.3 is 12.3 Å². The third-order valence-electron chi connectivity index (χ3n) is 4.25. The Hall–Kier alpha value is -2.70. The molecule has 1 aliphatic rings. The predicted octanol–water partition coefficient (Wildman–Crippen LogP) is 4.88. The maximum Gasteiger partial charge on any atom is 0.416 e. The summed E-state index contributed by atoms with van der Waals surface area (Å²) < 4.78 is 44.2. The van der Waals surface area contributed by atoms with Gasteiger partial charge in [0.25, 0.3) is 0 Å². The van der Waals surface area contributed by atoms with Crippen LogP contribution < -0.4 is 10.6 Å². The lowest BCUT2D eigenvalue weighted by Gasteiger charge is -2.32. The summed E-state index contributed by atoms with van der Waals surface area (Å²) in [6.07, 6.45) is -4.62. The average molecular weight is 364 g/mol. The van der Waals surface area contributed by atoms with Gasteiger partial charge in [-0.25, -0.2) is 4.79 Å². The highest BCUT2D eigenvalue weighted by molar-refractivity contribution is 5.69. The molecule has 2 N–H and O–H groups in total. The number of hydrogen-bond donors (Lipinski definition) is 2. The maximum absolute atomic E-state index is 13.0. The SMILES string of the molecule is CC1CC(NC(=O)OCc2ccccc2)c2cc(C(F)(F)F)ccc2N1. The van der Waals surface area contributed by atoms with Gasteiger partial charge in [-0.3, -0.25) is 0 Å². The number of amides is 1. The van der Waals surface area contributed by atoms with E-state index in [4.69, 9.17) is 4.74 Å². The summed E-state index contributed by atoms with van der Waals surface area (Å²) in [5.74, 6) is 0. The van der Waals surface area contributed by atoms with E-state index in [1.807, 2.05) is 37.3 Å². The predicted molar refractivity (Wildman–Crippen MR) is 91.6 cm³/mol. The van der Waals surface area contributed by atoms with Crippen molar-refractivity contribution in [2.24, 2.45) is 0 Å². The number of carbonyl (C=O) groups excluding carboxylic acids is 1. The van der Waals surface area contributed by atoms with Crippen molar-refractivity contribution < 1.29 is 22.7 Å². The molecule has 138 valence electrons. The van der Waals surface area contributed by atoms with E-state index in [2.05, 4.69) is 10.6 Å². The molecule has 0 fully saturated rings. The highest BCUT2D eigenvalue weighted by Gasteiger charge is 2.34. The molecule has 2 aromatic carbocycles. The second kappa shape index (κ2) is 7.27. The van der Waals surface area contributed by atoms with Crippen molar-refractivity contribution >= 4 is 11.8 Å². The van der Waals surface area contributed by atoms with E-state index in [-0.39, 0.29) is 12.6 Å². The summed E-state index contributed by atoms with van der Waals surface area (Å²) in [5, 5.41) is 5.83. The van der Waals surface area contributed by atoms with Crippen LogP contribution in [0.1, 0.15) is 36.1 Å². The normalized spacial score (nSPS) is 19.2. The number of rotatable bonds is 3. The molecule has 1 heterocycles. The third-order valence-corrected chi connectivity index (χ3v) is 4.25. The third kappa shape index (κ3) is 4.28. The van der Waals surface area contributed by atoms with E-state index < -0.39 is 23.9 Å². The Balaban J connectivity index is 1.73. The van der Waals surface area contributed by atoms with Gasteiger partial charge in [-0.15, -0.1) is 0 Å². The number of anilines is 1. The van der Waals surface area contributed by atoms with Crippen molar-refractivity contribution in [1.82, 2.24) is 5.32 Å². The zero-order chi connectivity index (χ0) is 18.7. The van der Waals surface area contributed by atoms with E-state index in [9.17, 15) is 18.0 Å². The lowest BCUT2D eigenvalue weighted by molar-refractivity contribution is -0.137. The van der Waals surface area contributed by atoms with Gasteiger partial charge in [-0.1, -0.05) is 30.3 Å². The smallest absolute Gasteiger partial charge is 0.416 e. The molecular formula is C19H19F3N2O2. The minimum atomic E-state index is -4.43. The fourth-order valence-corrected chi connectivity index (χ4v) is 3.01. The standard InChI is InChI=1S/C19H19F3N2O2/c1-12-9-17(24-18(25)26-11-13-5-3-2-4-6-13)15-10-14(19(20,21)22)7-8-16(15)23-12/h2-8,10,12,17,23H,9,11H2,1H3,(H,24,25). The van der Waals surface area contributed by atoms with E-state index >= 15 is 0 Å². The summed E-state index contributed by atoms with van der Waals surface area (Å²) in [6.45, 7) is 2.01. The van der Waals surface area contributed by atoms with Crippen LogP contribution in [0.3, 0.4) is 0 Å². The highest BCUT2D eigenvalue weighted by Crippen LogP contribution is 2.37. The molecule has 1 aliphatic heterocycles. The summed E-state index contributed by atoms with van der Waals surface area (Å²) in [7, 11) is 0. The number of alkyl carbamates (subject to hydrolysis) is 1. The number of nitrogens with one attached hydrogen (secondary N) is 2. The van der Waals surface area contributed by atoms with Crippen LogP contribution in [0.25, 0.3) is 0 Å². The second-order valence-corrected chi connectivity index (χ2v) is 6.34. The van der Waals surface area contributed by atoms with Crippen molar-refractivity contribution in [3.8, 4) is 0 Å². The first kappa shape index (κ1) is 18.1. The van der Waals surface area contributed by atoms with E-state index in [1.54, 1.807) is 0 Å². The first-order valence-corrected chi connectivity index (χ1v) is 8.28. The molecule has 0 radical (unpaired) electrons. The van der Waals surface area contributed by atoms with Gasteiger partial charge in [0.1, 0.15) is 6.61 Å². The maximum atomic E-state index is 13.0. The number of alkyl halides is 3. The van der Waals surface area contributed by atoms with Crippen molar-refractivity contribution in [1.29, 1.82) is 0 Å². The summed E-state index contributed by atoms with van der Waals surface area (Å²) in [5.41, 5.74) is 1.10. The monoisotopic (exact) mass is 364 g/mol. The molecule has 26 heavy (non-hydrogen) atoms. The van der Waals surface area contributed by atoms with Crippen LogP contribution in [0.15, 0.2) is 48.5 Å². The molecule has 3 rings (SSSR count). The van der Waals surface area contributed by atoms with Gasteiger partial charge < -0.3 is 15.4 Å². The second-order valence-electron chi connectivity index (χ2n) is 6.34. The molecule has 4 nitrogen and oxygen atoms in total. The number of fused-ring (bicyclic) bond motifs is 1. The van der Waals surface area contributed by atoms with Crippen LogP contribution >= 0.6 is 0 Å². The number of ether oxygens (including phenoxy) is 1. The van der Waals surface area contributed by atoms with Crippen LogP contribution in [-0.2, 0) is 17.5 Å². The van der Waals surface area contributed by atoms with Gasteiger partial charge in [0.15, 0.2) is 0 Å². The fraction of sp³-hybridized carbons (Fsp3) is 0.316. The van der Waals surface area contributed by atoms with Crippen molar-refractivity contribution in [3.05, 3.63) is 65.2 Å². The van der Waals surface area contributed by atoms with Gasteiger partial charge in [0.05, 0.1) is 11.6 Å². The molecule has 0 saturated heterocycles. The zero-order valence-electron chi connectivity index (χ0n) is 14.1. The number of halogens is 3. The zero-order valence-corrected chi connectivity index (χ0v) is 14.1. The van der Waals surface area contributed by atoms with Crippen molar-refractivity contribution in [3.63, 3.8) is 0 Å². The van der Waals surface area contributed by atoms with E-state index in [0.717, 1.165) is 17.7 Å². The fourth-order valence-electron chi connectivity index (χ4n) is 3.01. The Morgan fingerprint density at radius 1 is 1.23 bits per heavy atom. The molecular weight excluding hydrogens is 345 g/mol. The van der Waals surface area contributed by atoms with Gasteiger partial charge in [0, 0.05) is 11.7 Å². The lowest BCUT2D eigenvalue weighted by Crippen LogP contribution is -2.36. The molecule has 0 bridgehead atoms. The Morgan fingerprint density at radius 3 is 2.65 bits per heavy atom. The minimum absolute atomic E-state index is 0.0126. The molecule has 2 atom stereocenters. The topological polar surface area (TPSA) is 50.4 Å². The minimum Gasteiger partial charge on any atom is -0.445 e. The van der Waals surface area contributed by atoms with Crippen LogP contribution in [0.4, 0.5) is 23.7 Å². The van der Waals surface area contributed by atoms with Crippen LogP contribution in [0, 0.1) is 0 Å². The summed E-state index contributed by atoms with van der Waals surface area (Å²) in [4.78, 5) is 12.1. The van der Waals surface area contributed by atoms with Gasteiger partial charge in [0.2, 0.25) is 0 Å². The van der Waals surface area contributed by atoms with E-state index in [0.29, 0.717) is 17.7 Å². The molecule has 0 aliphatic carbocycles.